The van der Waals surface area contributed by atoms with Crippen molar-refractivity contribution in [3.05, 3.63) is 0 Å². The number of halogens is 1. The molecule has 2 atom stereocenters. The van der Waals surface area contributed by atoms with Crippen molar-refractivity contribution in [3.63, 3.8) is 0 Å². The summed E-state index contributed by atoms with van der Waals surface area (Å²) >= 11 is 2.08. The van der Waals surface area contributed by atoms with Crippen LogP contribution in [0, 0.1) is 0 Å². The van der Waals surface area contributed by atoms with Gasteiger partial charge in [0.1, 0.15) is 0 Å². The zero-order chi connectivity index (χ0) is 11.0. The summed E-state index contributed by atoms with van der Waals surface area (Å²) in [7, 11) is 1.22. The Bertz CT molecular complexity index is 164. The molecule has 0 rings (SSSR count). The summed E-state index contributed by atoms with van der Waals surface area (Å²) in [4.78, 5) is 10.8. The van der Waals surface area contributed by atoms with Crippen LogP contribution in [0.3, 0.4) is 0 Å². The average Bonchev–Trinajstić information content (AvgIpc) is 2.21. The van der Waals surface area contributed by atoms with Crippen molar-refractivity contribution >= 4 is 28.6 Å². The normalized spacial score (nSPS) is 14.9. The first kappa shape index (κ1) is 14.1. The lowest BCUT2D eigenvalue weighted by Crippen LogP contribution is -2.30. The Hall–Kier alpha value is 0.0800. The van der Waals surface area contributed by atoms with Gasteiger partial charge in [-0.05, 0) is 6.92 Å². The Morgan fingerprint density at radius 1 is 1.50 bits per heavy atom. The van der Waals surface area contributed by atoms with Crippen molar-refractivity contribution in [2.24, 2.45) is 0 Å². The summed E-state index contributed by atoms with van der Waals surface area (Å²) in [6.45, 7) is 2.17. The number of hydrogen-bond donors (Lipinski definition) is 1. The van der Waals surface area contributed by atoms with Crippen molar-refractivity contribution < 1.29 is 24.1 Å². The molecule has 0 saturated heterocycles. The van der Waals surface area contributed by atoms with Gasteiger partial charge in [-0.3, -0.25) is 0 Å². The summed E-state index contributed by atoms with van der Waals surface area (Å²) in [6.07, 6.45) is -1.37. The molecule has 14 heavy (non-hydrogen) atoms. The highest BCUT2D eigenvalue weighted by atomic mass is 127. The lowest BCUT2D eigenvalue weighted by Gasteiger charge is -2.14. The van der Waals surface area contributed by atoms with Gasteiger partial charge in [-0.1, -0.05) is 22.6 Å². The van der Waals surface area contributed by atoms with E-state index in [1.807, 2.05) is 0 Å². The first-order valence-corrected chi connectivity index (χ1v) is 5.65. The minimum atomic E-state index is -1.22. The monoisotopic (exact) mass is 318 g/mol. The molecule has 0 aromatic heterocycles. The molecule has 0 amide bonds. The largest absolute Gasteiger partial charge is 0.467 e. The number of aliphatic hydroxyl groups is 1. The van der Waals surface area contributed by atoms with Crippen molar-refractivity contribution in [2.75, 3.05) is 24.9 Å². The summed E-state index contributed by atoms with van der Waals surface area (Å²) in [5, 5.41) is 9.15. The van der Waals surface area contributed by atoms with E-state index in [-0.39, 0.29) is 12.7 Å². The van der Waals surface area contributed by atoms with Gasteiger partial charge in [0.05, 0.1) is 31.0 Å². The topological polar surface area (TPSA) is 65.0 Å². The third kappa shape index (κ3) is 6.52. The maximum Gasteiger partial charge on any atom is 0.337 e. The Morgan fingerprint density at radius 3 is 2.64 bits per heavy atom. The van der Waals surface area contributed by atoms with Gasteiger partial charge in [0.25, 0.3) is 0 Å². The van der Waals surface area contributed by atoms with E-state index in [4.69, 9.17) is 14.6 Å². The van der Waals surface area contributed by atoms with E-state index in [1.165, 1.54) is 7.11 Å². The minimum absolute atomic E-state index is 0.0710. The number of ether oxygens (including phenoxy) is 3. The molecule has 0 aliphatic rings. The third-order valence-electron chi connectivity index (χ3n) is 1.44. The molecule has 6 heteroatoms. The molecular weight excluding hydrogens is 303 g/mol. The lowest BCUT2D eigenvalue weighted by atomic mass is 10.4. The molecule has 2 unspecified atom stereocenters. The number of rotatable bonds is 7. The predicted octanol–water partition coefficient (Wildman–Crippen LogP) is 0.334. The van der Waals surface area contributed by atoms with E-state index in [9.17, 15) is 4.79 Å². The molecule has 0 aliphatic heterocycles. The number of aliphatic hydroxyl groups excluding tert-OH is 1. The van der Waals surface area contributed by atoms with Crippen LogP contribution in [-0.2, 0) is 19.0 Å². The molecular formula is C8H15IO5. The third-order valence-corrected chi connectivity index (χ3v) is 1.88. The number of carbonyl (C=O) groups excluding carboxylic acids is 1. The van der Waals surface area contributed by atoms with Gasteiger partial charge in [-0.15, -0.1) is 0 Å². The van der Waals surface area contributed by atoms with Crippen LogP contribution in [0.1, 0.15) is 6.92 Å². The first-order valence-electron chi connectivity index (χ1n) is 4.13. The first-order chi connectivity index (χ1) is 6.61. The zero-order valence-electron chi connectivity index (χ0n) is 8.23. The molecule has 0 radical (unpaired) electrons. The molecule has 0 saturated carbocycles. The van der Waals surface area contributed by atoms with E-state index < -0.39 is 12.1 Å². The SMILES string of the molecule is COC(=O)C(O)COC(C)COCI. The Balaban J connectivity index is 3.55. The standard InChI is InChI=1S/C8H15IO5/c1-6(3-13-5-9)14-4-7(10)8(11)12-2/h6-7,10H,3-5H2,1-2H3. The van der Waals surface area contributed by atoms with Crippen LogP contribution in [0.15, 0.2) is 0 Å². The Labute approximate surface area is 96.9 Å². The summed E-state index contributed by atoms with van der Waals surface area (Å²) in [5.74, 6) is -0.688. The molecule has 0 aromatic rings. The van der Waals surface area contributed by atoms with E-state index in [1.54, 1.807) is 6.92 Å². The average molecular weight is 318 g/mol. The number of methoxy groups -OCH3 is 1. The van der Waals surface area contributed by atoms with Crippen molar-refractivity contribution in [2.45, 2.75) is 19.1 Å². The van der Waals surface area contributed by atoms with Gasteiger partial charge in [-0.25, -0.2) is 4.79 Å². The number of hydrogen-bond acceptors (Lipinski definition) is 5. The van der Waals surface area contributed by atoms with Gasteiger partial charge < -0.3 is 19.3 Å². The summed E-state index contributed by atoms with van der Waals surface area (Å²) in [6, 6.07) is 0. The van der Waals surface area contributed by atoms with Crippen LogP contribution in [0.4, 0.5) is 0 Å². The zero-order valence-corrected chi connectivity index (χ0v) is 10.4. The Morgan fingerprint density at radius 2 is 2.14 bits per heavy atom. The van der Waals surface area contributed by atoms with Gasteiger partial charge in [-0.2, -0.15) is 0 Å². The van der Waals surface area contributed by atoms with Gasteiger partial charge >= 0.3 is 5.97 Å². The molecule has 0 aromatic carbocycles. The maximum atomic E-state index is 10.8. The van der Waals surface area contributed by atoms with Gasteiger partial charge in [0.15, 0.2) is 6.10 Å². The highest BCUT2D eigenvalue weighted by Crippen LogP contribution is 1.97. The van der Waals surface area contributed by atoms with Gasteiger partial charge in [0, 0.05) is 0 Å². The second-order valence-electron chi connectivity index (χ2n) is 2.66. The number of esters is 1. The fourth-order valence-corrected chi connectivity index (χ4v) is 0.972. The molecule has 0 spiro atoms. The van der Waals surface area contributed by atoms with Crippen LogP contribution >= 0.6 is 22.6 Å². The van der Waals surface area contributed by atoms with Crippen molar-refractivity contribution in [1.29, 1.82) is 0 Å². The molecule has 0 heterocycles. The van der Waals surface area contributed by atoms with Crippen LogP contribution in [0.2, 0.25) is 0 Å². The molecule has 0 aliphatic carbocycles. The second-order valence-corrected chi connectivity index (χ2v) is 3.29. The number of alkyl halides is 1. The Kier molecular flexibility index (Phi) is 8.44. The smallest absolute Gasteiger partial charge is 0.337 e. The summed E-state index contributed by atoms with van der Waals surface area (Å²) in [5.41, 5.74) is 0. The highest BCUT2D eigenvalue weighted by molar-refractivity contribution is 14.1. The van der Waals surface area contributed by atoms with Crippen molar-refractivity contribution in [3.8, 4) is 0 Å². The fraction of sp³-hybridized carbons (Fsp3) is 0.875. The molecule has 0 fully saturated rings. The van der Waals surface area contributed by atoms with E-state index in [2.05, 4.69) is 27.3 Å². The number of carbonyl (C=O) groups is 1. The van der Waals surface area contributed by atoms with Crippen LogP contribution in [0.5, 0.6) is 0 Å². The fourth-order valence-electron chi connectivity index (χ4n) is 0.718. The van der Waals surface area contributed by atoms with E-state index in [0.29, 0.717) is 11.2 Å². The lowest BCUT2D eigenvalue weighted by molar-refractivity contribution is -0.155. The van der Waals surface area contributed by atoms with Gasteiger partial charge in [0.2, 0.25) is 0 Å². The van der Waals surface area contributed by atoms with E-state index in [0.717, 1.165) is 0 Å². The maximum absolute atomic E-state index is 10.8. The quantitative estimate of drug-likeness (QED) is 0.416. The highest BCUT2D eigenvalue weighted by Gasteiger charge is 2.16. The van der Waals surface area contributed by atoms with Crippen molar-refractivity contribution in [1.82, 2.24) is 0 Å². The second kappa shape index (κ2) is 8.39. The van der Waals surface area contributed by atoms with Crippen LogP contribution in [-0.4, -0.2) is 48.2 Å². The molecule has 5 nitrogen and oxygen atoms in total. The molecule has 1 N–H and O–H groups in total. The van der Waals surface area contributed by atoms with Crippen LogP contribution in [0.25, 0.3) is 0 Å². The van der Waals surface area contributed by atoms with E-state index >= 15 is 0 Å². The molecule has 84 valence electrons. The summed E-state index contributed by atoms with van der Waals surface area (Å²) < 4.78 is 15.1. The minimum Gasteiger partial charge on any atom is -0.467 e. The van der Waals surface area contributed by atoms with Crippen LogP contribution < -0.4 is 0 Å². The predicted molar refractivity (Wildman–Crippen MR) is 58.3 cm³/mol. The molecule has 0 bridgehead atoms.